The van der Waals surface area contributed by atoms with E-state index >= 15 is 0 Å². The van der Waals surface area contributed by atoms with Gasteiger partial charge in [-0.05, 0) is 30.7 Å². The lowest BCUT2D eigenvalue weighted by atomic mass is 10.1. The van der Waals surface area contributed by atoms with Crippen molar-refractivity contribution in [3.8, 4) is 0 Å². The average molecular weight is 230 g/mol. The summed E-state index contributed by atoms with van der Waals surface area (Å²) in [6, 6.07) is 0. The molecule has 90 valence electrons. The van der Waals surface area contributed by atoms with Crippen molar-refractivity contribution in [2.45, 2.75) is 64.0 Å². The van der Waals surface area contributed by atoms with Crippen molar-refractivity contribution in [2.24, 2.45) is 0 Å². The normalized spacial score (nSPS) is 23.4. The van der Waals surface area contributed by atoms with Crippen LogP contribution in [0.25, 0.3) is 0 Å². The van der Waals surface area contributed by atoms with Crippen LogP contribution in [-0.2, 0) is 9.47 Å². The maximum Gasteiger partial charge on any atom is 0.157 e. The van der Waals surface area contributed by atoms with E-state index in [9.17, 15) is 0 Å². The molecule has 1 unspecified atom stereocenters. The van der Waals surface area contributed by atoms with Gasteiger partial charge in [0.1, 0.15) is 0 Å². The van der Waals surface area contributed by atoms with E-state index < -0.39 is 8.80 Å². The SMILES string of the molecule is C[SiH](C)C(C)(C)CCOC1CCCCO1. The first-order chi connectivity index (χ1) is 7.02. The molecule has 0 N–H and O–H groups in total. The summed E-state index contributed by atoms with van der Waals surface area (Å²) < 4.78 is 11.3. The third kappa shape index (κ3) is 4.66. The highest BCUT2D eigenvalue weighted by Crippen LogP contribution is 2.32. The van der Waals surface area contributed by atoms with Gasteiger partial charge < -0.3 is 9.47 Å². The van der Waals surface area contributed by atoms with E-state index in [4.69, 9.17) is 9.47 Å². The van der Waals surface area contributed by atoms with E-state index in [1.807, 2.05) is 0 Å². The van der Waals surface area contributed by atoms with Gasteiger partial charge >= 0.3 is 0 Å². The Balaban J connectivity index is 2.14. The Morgan fingerprint density at radius 1 is 1.33 bits per heavy atom. The highest BCUT2D eigenvalue weighted by atomic mass is 28.3. The molecule has 3 heteroatoms. The summed E-state index contributed by atoms with van der Waals surface area (Å²) >= 11 is 0. The third-order valence-corrected chi connectivity index (χ3v) is 7.17. The van der Waals surface area contributed by atoms with Gasteiger partial charge in [0.05, 0.1) is 0 Å². The molecule has 1 aliphatic heterocycles. The summed E-state index contributed by atoms with van der Waals surface area (Å²) in [6.07, 6.45) is 4.80. The van der Waals surface area contributed by atoms with Crippen molar-refractivity contribution >= 4 is 8.80 Å². The molecule has 0 aromatic rings. The van der Waals surface area contributed by atoms with Crippen LogP contribution in [0.3, 0.4) is 0 Å². The second-order valence-electron chi connectivity index (χ2n) is 5.56. The number of hydrogen-bond donors (Lipinski definition) is 0. The van der Waals surface area contributed by atoms with Crippen molar-refractivity contribution in [2.75, 3.05) is 13.2 Å². The van der Waals surface area contributed by atoms with Crippen LogP contribution >= 0.6 is 0 Å². The molecule has 0 spiro atoms. The van der Waals surface area contributed by atoms with Gasteiger partial charge in [0.25, 0.3) is 0 Å². The van der Waals surface area contributed by atoms with Crippen LogP contribution < -0.4 is 0 Å². The first-order valence-corrected chi connectivity index (χ1v) is 9.14. The van der Waals surface area contributed by atoms with Crippen LogP contribution in [-0.4, -0.2) is 28.3 Å². The number of rotatable bonds is 5. The quantitative estimate of drug-likeness (QED) is 0.675. The molecular formula is C12H26O2Si. The Kier molecular flexibility index (Phi) is 5.30. The molecular weight excluding hydrogens is 204 g/mol. The summed E-state index contributed by atoms with van der Waals surface area (Å²) in [5, 5.41) is 0.509. The second kappa shape index (κ2) is 6.02. The first-order valence-electron chi connectivity index (χ1n) is 6.25. The predicted molar refractivity (Wildman–Crippen MR) is 67.1 cm³/mol. The van der Waals surface area contributed by atoms with Gasteiger partial charge in [0, 0.05) is 22.0 Å². The van der Waals surface area contributed by atoms with Crippen LogP contribution in [0.2, 0.25) is 18.1 Å². The fourth-order valence-electron chi connectivity index (χ4n) is 1.58. The van der Waals surface area contributed by atoms with Gasteiger partial charge in [0.15, 0.2) is 6.29 Å². The molecule has 1 rings (SSSR count). The van der Waals surface area contributed by atoms with E-state index in [1.165, 1.54) is 19.3 Å². The van der Waals surface area contributed by atoms with E-state index in [1.54, 1.807) is 0 Å². The molecule has 15 heavy (non-hydrogen) atoms. The van der Waals surface area contributed by atoms with Crippen LogP contribution in [0.5, 0.6) is 0 Å². The summed E-state index contributed by atoms with van der Waals surface area (Å²) in [5.41, 5.74) is 0. The molecule has 1 aliphatic rings. The Morgan fingerprint density at radius 2 is 2.07 bits per heavy atom. The maximum absolute atomic E-state index is 5.77. The molecule has 1 heterocycles. The summed E-state index contributed by atoms with van der Waals surface area (Å²) in [5.74, 6) is 0. The summed E-state index contributed by atoms with van der Waals surface area (Å²) in [7, 11) is -0.574. The molecule has 1 saturated heterocycles. The van der Waals surface area contributed by atoms with E-state index in [-0.39, 0.29) is 6.29 Å². The number of ether oxygens (including phenoxy) is 2. The Bertz CT molecular complexity index is 174. The minimum absolute atomic E-state index is 0.0865. The lowest BCUT2D eigenvalue weighted by Crippen LogP contribution is -2.26. The minimum Gasteiger partial charge on any atom is -0.353 e. The summed E-state index contributed by atoms with van der Waals surface area (Å²) in [4.78, 5) is 0. The van der Waals surface area contributed by atoms with E-state index in [0.717, 1.165) is 19.6 Å². The zero-order valence-corrected chi connectivity index (χ0v) is 11.9. The predicted octanol–water partition coefficient (Wildman–Crippen LogP) is 3.19. The zero-order chi connectivity index (χ0) is 11.3. The van der Waals surface area contributed by atoms with Gasteiger partial charge in [-0.1, -0.05) is 26.9 Å². The highest BCUT2D eigenvalue weighted by molar-refractivity contribution is 6.59. The third-order valence-electron chi connectivity index (χ3n) is 3.75. The highest BCUT2D eigenvalue weighted by Gasteiger charge is 2.23. The largest absolute Gasteiger partial charge is 0.353 e. The standard InChI is InChI=1S/C12H26O2Si/c1-12(2,15(3)4)8-10-14-11-7-5-6-9-13-11/h11,15H,5-10H2,1-4H3. The van der Waals surface area contributed by atoms with Crippen LogP contribution in [0.4, 0.5) is 0 Å². The van der Waals surface area contributed by atoms with Crippen molar-refractivity contribution in [3.05, 3.63) is 0 Å². The molecule has 0 saturated carbocycles. The fourth-order valence-corrected chi connectivity index (χ4v) is 2.28. The Labute approximate surface area is 96.0 Å². The molecule has 0 aromatic carbocycles. The van der Waals surface area contributed by atoms with Crippen LogP contribution in [0.1, 0.15) is 39.5 Å². The smallest absolute Gasteiger partial charge is 0.157 e. The van der Waals surface area contributed by atoms with E-state index in [0.29, 0.717) is 5.04 Å². The van der Waals surface area contributed by atoms with Crippen molar-refractivity contribution < 1.29 is 9.47 Å². The Morgan fingerprint density at radius 3 is 2.60 bits per heavy atom. The lowest BCUT2D eigenvalue weighted by molar-refractivity contribution is -0.163. The van der Waals surface area contributed by atoms with E-state index in [2.05, 4.69) is 26.9 Å². The monoisotopic (exact) mass is 230 g/mol. The van der Waals surface area contributed by atoms with Crippen LogP contribution in [0, 0.1) is 0 Å². The summed E-state index contributed by atoms with van der Waals surface area (Å²) in [6.45, 7) is 11.3. The van der Waals surface area contributed by atoms with Gasteiger partial charge in [-0.25, -0.2) is 0 Å². The molecule has 1 atom stereocenters. The van der Waals surface area contributed by atoms with Crippen molar-refractivity contribution in [3.63, 3.8) is 0 Å². The Hall–Kier alpha value is 0.137. The second-order valence-corrected chi connectivity index (χ2v) is 9.43. The van der Waals surface area contributed by atoms with Gasteiger partial charge in [0.2, 0.25) is 0 Å². The first kappa shape index (κ1) is 13.2. The van der Waals surface area contributed by atoms with Crippen molar-refractivity contribution in [1.29, 1.82) is 0 Å². The maximum atomic E-state index is 5.77. The topological polar surface area (TPSA) is 18.5 Å². The minimum atomic E-state index is -0.574. The van der Waals surface area contributed by atoms with Gasteiger partial charge in [-0.3, -0.25) is 0 Å². The fraction of sp³-hybridized carbons (Fsp3) is 1.00. The number of hydrogen-bond acceptors (Lipinski definition) is 2. The van der Waals surface area contributed by atoms with Gasteiger partial charge in [-0.2, -0.15) is 0 Å². The lowest BCUT2D eigenvalue weighted by Gasteiger charge is -2.30. The van der Waals surface area contributed by atoms with Gasteiger partial charge in [-0.15, -0.1) is 0 Å². The molecule has 0 radical (unpaired) electrons. The van der Waals surface area contributed by atoms with Crippen molar-refractivity contribution in [1.82, 2.24) is 0 Å². The molecule has 1 fully saturated rings. The molecule has 0 aliphatic carbocycles. The molecule has 0 aromatic heterocycles. The average Bonchev–Trinajstić information content (AvgIpc) is 2.19. The van der Waals surface area contributed by atoms with Crippen LogP contribution in [0.15, 0.2) is 0 Å². The molecule has 2 nitrogen and oxygen atoms in total. The zero-order valence-electron chi connectivity index (χ0n) is 10.7. The molecule has 0 amide bonds. The molecule has 0 bridgehead atoms.